The summed E-state index contributed by atoms with van der Waals surface area (Å²) in [7, 11) is 0. The van der Waals surface area contributed by atoms with Gasteiger partial charge in [0.15, 0.2) is 0 Å². The summed E-state index contributed by atoms with van der Waals surface area (Å²) in [6.45, 7) is 4.71. The van der Waals surface area contributed by atoms with Crippen molar-refractivity contribution in [1.82, 2.24) is 5.32 Å². The van der Waals surface area contributed by atoms with Crippen molar-refractivity contribution in [3.8, 4) is 33.4 Å². The largest absolute Gasteiger partial charge is 0.456 e. The van der Waals surface area contributed by atoms with Crippen molar-refractivity contribution >= 4 is 49.2 Å². The third kappa shape index (κ3) is 6.01. The van der Waals surface area contributed by atoms with Crippen LogP contribution in [0.25, 0.3) is 82.6 Å². The normalized spacial score (nSPS) is 13.8. The second-order valence-electron chi connectivity index (χ2n) is 16.7. The van der Waals surface area contributed by atoms with E-state index in [0.717, 1.165) is 45.4 Å². The fourth-order valence-electron chi connectivity index (χ4n) is 9.58. The summed E-state index contributed by atoms with van der Waals surface area (Å²) in [5.41, 5.74) is 23.1. The Balaban J connectivity index is 0.933. The Morgan fingerprint density at radius 1 is 0.567 bits per heavy atom. The molecule has 1 atom stereocenters. The molecule has 1 aliphatic rings. The van der Waals surface area contributed by atoms with Crippen LogP contribution in [0.1, 0.15) is 47.8 Å². The number of hydrogen-bond acceptors (Lipinski definition) is 3. The third-order valence-corrected chi connectivity index (χ3v) is 12.7. The molecule has 0 aliphatic heterocycles. The van der Waals surface area contributed by atoms with Gasteiger partial charge in [0.05, 0.1) is 0 Å². The van der Waals surface area contributed by atoms with Crippen molar-refractivity contribution in [3.63, 3.8) is 0 Å². The van der Waals surface area contributed by atoms with Gasteiger partial charge in [-0.2, -0.15) is 0 Å². The number of benzene rings is 9. The first-order valence-corrected chi connectivity index (χ1v) is 20.9. The number of allylic oxidation sites excluding steroid dienone is 1. The number of nitrogens with one attached hydrogen (secondary N) is 1. The van der Waals surface area contributed by atoms with Gasteiger partial charge in [-0.05, 0) is 113 Å². The van der Waals surface area contributed by atoms with E-state index in [1.54, 1.807) is 0 Å². The maximum absolute atomic E-state index is 6.83. The van der Waals surface area contributed by atoms with Crippen LogP contribution in [0.5, 0.6) is 0 Å². The van der Waals surface area contributed by atoms with Crippen LogP contribution in [0.2, 0.25) is 0 Å². The molecule has 11 rings (SSSR count). The lowest BCUT2D eigenvalue weighted by molar-refractivity contribution is 0.661. The number of rotatable bonds is 8. The zero-order chi connectivity index (χ0) is 40.4. The van der Waals surface area contributed by atoms with E-state index in [0.29, 0.717) is 0 Å². The van der Waals surface area contributed by atoms with Gasteiger partial charge in [-0.1, -0.05) is 184 Å². The molecule has 10 aromatic rings. The third-order valence-electron chi connectivity index (χ3n) is 12.7. The van der Waals surface area contributed by atoms with Crippen LogP contribution in [0, 0.1) is 0 Å². The Morgan fingerprint density at radius 3 is 2.02 bits per heavy atom. The van der Waals surface area contributed by atoms with E-state index in [-0.39, 0.29) is 11.6 Å². The molecular weight excluding hydrogens is 729 g/mol. The van der Waals surface area contributed by atoms with Gasteiger partial charge in [0.2, 0.25) is 0 Å². The SMILES string of the molecule is CC1(C)c2cc3ccccc3cc2-c2c(-c3ccc(/C(=C/Cc4ccc(-c5cccc6oc7ccc8ccccc8c7c56)cc4)NC(N)c4ccccc4)cc3)cccc21. The average Bonchev–Trinajstić information content (AvgIpc) is 3.79. The summed E-state index contributed by atoms with van der Waals surface area (Å²) in [4.78, 5) is 0. The molecule has 0 radical (unpaired) electrons. The van der Waals surface area contributed by atoms with Gasteiger partial charge >= 0.3 is 0 Å². The summed E-state index contributed by atoms with van der Waals surface area (Å²) in [6.07, 6.45) is 2.64. The van der Waals surface area contributed by atoms with Crippen LogP contribution in [0.15, 0.2) is 199 Å². The maximum Gasteiger partial charge on any atom is 0.136 e. The first-order valence-electron chi connectivity index (χ1n) is 20.9. The topological polar surface area (TPSA) is 51.2 Å². The Kier molecular flexibility index (Phi) is 8.54. The predicted molar refractivity (Wildman–Crippen MR) is 252 cm³/mol. The average molecular weight is 773 g/mol. The monoisotopic (exact) mass is 772 g/mol. The number of hydrogen-bond donors (Lipinski definition) is 2. The molecule has 288 valence electrons. The van der Waals surface area contributed by atoms with Crippen LogP contribution in [-0.4, -0.2) is 0 Å². The van der Waals surface area contributed by atoms with Gasteiger partial charge in [-0.3, -0.25) is 0 Å². The van der Waals surface area contributed by atoms with Gasteiger partial charge < -0.3 is 15.5 Å². The molecule has 0 amide bonds. The van der Waals surface area contributed by atoms with Crippen molar-refractivity contribution < 1.29 is 4.42 Å². The first kappa shape index (κ1) is 35.9. The lowest BCUT2D eigenvalue weighted by atomic mass is 9.81. The summed E-state index contributed by atoms with van der Waals surface area (Å²) < 4.78 is 6.38. The summed E-state index contributed by atoms with van der Waals surface area (Å²) in [6, 6.07) is 67.6. The molecule has 3 nitrogen and oxygen atoms in total. The van der Waals surface area contributed by atoms with Gasteiger partial charge in [0.25, 0.3) is 0 Å². The molecule has 0 fully saturated rings. The molecule has 1 aromatic heterocycles. The fourth-order valence-corrected chi connectivity index (χ4v) is 9.58. The minimum absolute atomic E-state index is 0.0912. The minimum Gasteiger partial charge on any atom is -0.456 e. The Morgan fingerprint density at radius 2 is 1.22 bits per heavy atom. The molecule has 60 heavy (non-hydrogen) atoms. The minimum atomic E-state index is -0.369. The number of nitrogens with two attached hydrogens (primary N) is 1. The Bertz CT molecular complexity index is 3280. The molecule has 0 saturated heterocycles. The van der Waals surface area contributed by atoms with E-state index in [4.69, 9.17) is 10.2 Å². The van der Waals surface area contributed by atoms with Crippen LogP contribution < -0.4 is 11.1 Å². The molecular formula is C57H44N2O. The van der Waals surface area contributed by atoms with Crippen LogP contribution in [-0.2, 0) is 11.8 Å². The van der Waals surface area contributed by atoms with E-state index in [9.17, 15) is 0 Å². The predicted octanol–water partition coefficient (Wildman–Crippen LogP) is 14.4. The van der Waals surface area contributed by atoms with Gasteiger partial charge in [0.1, 0.15) is 17.3 Å². The highest BCUT2D eigenvalue weighted by atomic mass is 16.3. The van der Waals surface area contributed by atoms with Crippen LogP contribution >= 0.6 is 0 Å². The maximum atomic E-state index is 6.83. The van der Waals surface area contributed by atoms with E-state index in [1.165, 1.54) is 71.4 Å². The lowest BCUT2D eigenvalue weighted by Gasteiger charge is -2.22. The van der Waals surface area contributed by atoms with Crippen molar-refractivity contribution in [2.24, 2.45) is 5.73 Å². The standard InChI is InChI=1S/C57H44N2O/c1-57(2)48-20-10-18-44(53(48)47-34-42-15-6-7-16-43(42)35-49(47)57)39-27-29-40(30-28-39)50(59-56(58)41-13-4-3-5-14-41)32-24-36-22-25-38(26-23-36)46-19-11-21-51-54(46)55-45-17-9-8-12-37(45)31-33-52(55)60-51/h3-23,25-35,56,59H,24,58H2,1-2H3/b50-32-. The molecule has 1 heterocycles. The Labute approximate surface area is 350 Å². The highest BCUT2D eigenvalue weighted by molar-refractivity contribution is 6.22. The molecule has 0 spiro atoms. The Hall–Kier alpha value is -7.20. The van der Waals surface area contributed by atoms with E-state index in [2.05, 4.69) is 195 Å². The first-order chi connectivity index (χ1) is 29.4. The van der Waals surface area contributed by atoms with Crippen molar-refractivity contribution in [3.05, 3.63) is 222 Å². The molecule has 0 saturated carbocycles. The molecule has 1 unspecified atom stereocenters. The fraction of sp³-hybridized carbons (Fsp3) is 0.0877. The van der Waals surface area contributed by atoms with E-state index in [1.807, 2.05) is 18.2 Å². The second kappa shape index (κ2) is 14.3. The van der Waals surface area contributed by atoms with E-state index >= 15 is 0 Å². The molecule has 0 bridgehead atoms. The zero-order valence-corrected chi connectivity index (χ0v) is 33.7. The highest BCUT2D eigenvalue weighted by Crippen LogP contribution is 2.53. The van der Waals surface area contributed by atoms with Gasteiger partial charge in [0, 0.05) is 21.9 Å². The van der Waals surface area contributed by atoms with Crippen molar-refractivity contribution in [1.29, 1.82) is 0 Å². The summed E-state index contributed by atoms with van der Waals surface area (Å²) in [5, 5.41) is 11.0. The molecule has 9 aromatic carbocycles. The molecule has 3 heteroatoms. The van der Waals surface area contributed by atoms with Crippen LogP contribution in [0.4, 0.5) is 0 Å². The zero-order valence-electron chi connectivity index (χ0n) is 33.7. The van der Waals surface area contributed by atoms with Crippen molar-refractivity contribution in [2.45, 2.75) is 31.8 Å². The number of furan rings is 1. The highest BCUT2D eigenvalue weighted by Gasteiger charge is 2.37. The van der Waals surface area contributed by atoms with Crippen molar-refractivity contribution in [2.75, 3.05) is 0 Å². The molecule has 1 aliphatic carbocycles. The van der Waals surface area contributed by atoms with E-state index < -0.39 is 0 Å². The summed E-state index contributed by atoms with van der Waals surface area (Å²) >= 11 is 0. The second-order valence-corrected chi connectivity index (χ2v) is 16.7. The smallest absolute Gasteiger partial charge is 0.136 e. The quantitative estimate of drug-likeness (QED) is 0.151. The lowest BCUT2D eigenvalue weighted by Crippen LogP contribution is -2.27. The molecule has 3 N–H and O–H groups in total. The van der Waals surface area contributed by atoms with Gasteiger partial charge in [-0.15, -0.1) is 0 Å². The van der Waals surface area contributed by atoms with Crippen LogP contribution in [0.3, 0.4) is 0 Å². The van der Waals surface area contributed by atoms with Gasteiger partial charge in [-0.25, -0.2) is 0 Å². The summed E-state index contributed by atoms with van der Waals surface area (Å²) in [5.74, 6) is 0. The number of fused-ring (bicyclic) bond motifs is 9.